The fraction of sp³-hybridized carbons (Fsp3) is 0.559. The van der Waals surface area contributed by atoms with Crippen LogP contribution in [-0.4, -0.2) is 63.2 Å². The molecule has 242 valence electrons. The molecule has 0 radical (unpaired) electrons. The molecule has 10 nitrogen and oxygen atoms in total. The first-order valence-electron chi connectivity index (χ1n) is 15.6. The summed E-state index contributed by atoms with van der Waals surface area (Å²) in [4.78, 5) is 30.9. The van der Waals surface area contributed by atoms with E-state index in [-0.39, 0.29) is 34.3 Å². The van der Waals surface area contributed by atoms with Crippen molar-refractivity contribution in [3.05, 3.63) is 71.6 Å². The predicted octanol–water partition coefficient (Wildman–Crippen LogP) is 5.16. The molecule has 2 heterocycles. The molecule has 4 fully saturated rings. The lowest BCUT2D eigenvalue weighted by atomic mass is 9.60. The zero-order valence-corrected chi connectivity index (χ0v) is 27.0. The minimum atomic E-state index is -4.18. The van der Waals surface area contributed by atoms with E-state index in [1.165, 1.54) is 12.1 Å². The number of hydrogen-bond acceptors (Lipinski definition) is 10. The van der Waals surface area contributed by atoms with Gasteiger partial charge in [-0.15, -0.1) is 0 Å². The molecule has 1 aromatic heterocycles. The molecule has 2 aromatic rings. The Kier molecular flexibility index (Phi) is 8.43. The third-order valence-electron chi connectivity index (χ3n) is 10.7. The second-order valence-electron chi connectivity index (χ2n) is 13.2. The van der Waals surface area contributed by atoms with Gasteiger partial charge in [0.15, 0.2) is 12.4 Å². The lowest BCUT2D eigenvalue weighted by molar-refractivity contribution is -0.235. The number of hydrogen-bond donors (Lipinski definition) is 0. The van der Waals surface area contributed by atoms with Gasteiger partial charge in [0, 0.05) is 30.4 Å². The summed E-state index contributed by atoms with van der Waals surface area (Å²) in [6, 6.07) is 11.3. The van der Waals surface area contributed by atoms with Gasteiger partial charge in [-0.25, -0.2) is 14.6 Å². The van der Waals surface area contributed by atoms with Gasteiger partial charge >= 0.3 is 11.9 Å². The van der Waals surface area contributed by atoms with Crippen molar-refractivity contribution < 1.29 is 41.1 Å². The highest BCUT2D eigenvalue weighted by Gasteiger charge is 2.74. The van der Waals surface area contributed by atoms with Crippen LogP contribution in [0.2, 0.25) is 0 Å². The van der Waals surface area contributed by atoms with Gasteiger partial charge in [0.05, 0.1) is 18.1 Å². The molecular formula is C34H41NO9S. The van der Waals surface area contributed by atoms with Gasteiger partial charge in [-0.1, -0.05) is 43.7 Å². The maximum Gasteiger partial charge on any atom is 0.357 e. The number of aromatic nitrogens is 1. The Bertz CT molecular complexity index is 1570. The van der Waals surface area contributed by atoms with E-state index in [1.807, 2.05) is 19.9 Å². The first-order valence-corrected chi connectivity index (χ1v) is 17.0. The van der Waals surface area contributed by atoms with Crippen LogP contribution < -0.4 is 0 Å². The molecule has 6 atom stereocenters. The minimum Gasteiger partial charge on any atom is -0.460 e. The molecule has 2 bridgehead atoms. The van der Waals surface area contributed by atoms with Gasteiger partial charge < -0.3 is 18.9 Å². The molecular weight excluding hydrogens is 598 g/mol. The van der Waals surface area contributed by atoms with Crippen molar-refractivity contribution in [2.24, 2.45) is 22.7 Å². The number of pyridine rings is 1. The highest BCUT2D eigenvalue weighted by atomic mass is 32.2. The third kappa shape index (κ3) is 5.62. The lowest BCUT2D eigenvalue weighted by Crippen LogP contribution is -2.55. The molecule has 0 amide bonds. The van der Waals surface area contributed by atoms with E-state index in [9.17, 15) is 18.0 Å². The van der Waals surface area contributed by atoms with Crippen molar-refractivity contribution in [2.45, 2.75) is 82.7 Å². The van der Waals surface area contributed by atoms with Crippen LogP contribution in [0.5, 0.6) is 0 Å². The van der Waals surface area contributed by atoms with Crippen LogP contribution in [0.3, 0.4) is 0 Å². The summed E-state index contributed by atoms with van der Waals surface area (Å²) >= 11 is 0. The van der Waals surface area contributed by atoms with Crippen molar-refractivity contribution in [1.29, 1.82) is 0 Å². The Balaban J connectivity index is 1.32. The van der Waals surface area contributed by atoms with Crippen LogP contribution in [0.25, 0.3) is 0 Å². The predicted molar refractivity (Wildman–Crippen MR) is 162 cm³/mol. The van der Waals surface area contributed by atoms with Gasteiger partial charge in [0.25, 0.3) is 10.1 Å². The Labute approximate surface area is 264 Å². The second kappa shape index (κ2) is 11.9. The number of allylic oxidation sites excluding steroid dienone is 1. The highest BCUT2D eigenvalue weighted by molar-refractivity contribution is 7.86. The summed E-state index contributed by atoms with van der Waals surface area (Å²) < 4.78 is 56.1. The van der Waals surface area contributed by atoms with E-state index in [0.717, 1.165) is 24.0 Å². The molecule has 4 aliphatic rings. The van der Waals surface area contributed by atoms with Crippen molar-refractivity contribution in [3.8, 4) is 0 Å². The summed E-state index contributed by atoms with van der Waals surface area (Å²) in [7, 11) is -4.18. The molecule has 1 spiro atoms. The van der Waals surface area contributed by atoms with E-state index in [4.69, 9.17) is 23.1 Å². The standard InChI is InChI=1S/C34H41NO9S/c1-5-24-18-28(44-29(36)21-42-45(38,39)25-11-9-22(2)10-12-25)32(4)23(3)19-33(13-14-34(31(32)33)40-16-17-41-34)20-27(24)43-30(37)26-8-6-7-15-35-26/h5-12,15,23,27-28,31H,13-14,16-21H2,1-4H3/b24-5+/t23-,27-,28+,31+,32+,33-/m1/s1. The first kappa shape index (κ1) is 31.8. The quantitative estimate of drug-likeness (QED) is 0.228. The van der Waals surface area contributed by atoms with Gasteiger partial charge in [-0.2, -0.15) is 8.42 Å². The molecule has 11 heteroatoms. The van der Waals surface area contributed by atoms with Gasteiger partial charge in [-0.05, 0) is 74.3 Å². The summed E-state index contributed by atoms with van der Waals surface area (Å²) in [6.45, 7) is 8.22. The first-order chi connectivity index (χ1) is 21.4. The van der Waals surface area contributed by atoms with Crippen molar-refractivity contribution >= 4 is 22.1 Å². The monoisotopic (exact) mass is 639 g/mol. The lowest BCUT2D eigenvalue weighted by Gasteiger charge is -2.50. The van der Waals surface area contributed by atoms with Crippen LogP contribution in [-0.2, 0) is 38.0 Å². The Morgan fingerprint density at radius 2 is 1.78 bits per heavy atom. The SMILES string of the molecule is C/C=C1\C[C@H](OC(=O)COS(=O)(=O)c2ccc(C)cc2)[C@]2(C)[C@H](C)C[C@]3(CCC4(OCCO4)[C@H]32)C[C@H]1OC(=O)c1ccccn1. The van der Waals surface area contributed by atoms with Crippen molar-refractivity contribution in [2.75, 3.05) is 19.8 Å². The summed E-state index contributed by atoms with van der Waals surface area (Å²) in [6.07, 6.45) is 5.38. The zero-order valence-electron chi connectivity index (χ0n) is 26.2. The van der Waals surface area contributed by atoms with Crippen LogP contribution >= 0.6 is 0 Å². The van der Waals surface area contributed by atoms with E-state index in [1.54, 1.807) is 36.5 Å². The fourth-order valence-corrected chi connectivity index (χ4v) is 9.51. The smallest absolute Gasteiger partial charge is 0.357 e. The molecule has 3 aliphatic carbocycles. The van der Waals surface area contributed by atoms with Crippen LogP contribution in [0.15, 0.2) is 65.2 Å². The molecule has 6 rings (SSSR count). The zero-order chi connectivity index (χ0) is 32.0. The summed E-state index contributed by atoms with van der Waals surface area (Å²) in [5, 5.41) is 0. The maximum atomic E-state index is 13.4. The molecule has 45 heavy (non-hydrogen) atoms. The fourth-order valence-electron chi connectivity index (χ4n) is 8.65. The number of aryl methyl sites for hydroxylation is 1. The van der Waals surface area contributed by atoms with Crippen LogP contribution in [0.1, 0.15) is 68.9 Å². The molecule has 0 unspecified atom stereocenters. The average molecular weight is 640 g/mol. The number of nitrogens with zero attached hydrogens (tertiary/aromatic N) is 1. The average Bonchev–Trinajstić information content (AvgIpc) is 3.68. The molecule has 0 N–H and O–H groups in total. The van der Waals surface area contributed by atoms with E-state index < -0.39 is 52.1 Å². The van der Waals surface area contributed by atoms with Crippen molar-refractivity contribution in [3.63, 3.8) is 0 Å². The molecule has 1 aliphatic heterocycles. The number of carbonyl (C=O) groups excluding carboxylic acids is 2. The highest BCUT2D eigenvalue weighted by Crippen LogP contribution is 2.73. The van der Waals surface area contributed by atoms with Gasteiger partial charge in [-0.3, -0.25) is 4.18 Å². The molecule has 1 saturated heterocycles. The Hall–Kier alpha value is -3.12. The number of carbonyl (C=O) groups is 2. The number of benzene rings is 1. The van der Waals surface area contributed by atoms with Gasteiger partial charge in [0.1, 0.15) is 17.9 Å². The van der Waals surface area contributed by atoms with Gasteiger partial charge in [0.2, 0.25) is 0 Å². The molecule has 3 saturated carbocycles. The van der Waals surface area contributed by atoms with Crippen LogP contribution in [0.4, 0.5) is 0 Å². The minimum absolute atomic E-state index is 0.0368. The number of ether oxygens (including phenoxy) is 4. The van der Waals surface area contributed by atoms with Crippen LogP contribution in [0, 0.1) is 29.6 Å². The number of rotatable bonds is 7. The number of esters is 2. The Morgan fingerprint density at radius 1 is 1.04 bits per heavy atom. The molecule has 1 aromatic carbocycles. The summed E-state index contributed by atoms with van der Waals surface area (Å²) in [5.74, 6) is -2.21. The Morgan fingerprint density at radius 3 is 2.44 bits per heavy atom. The van der Waals surface area contributed by atoms with Crippen molar-refractivity contribution in [1.82, 2.24) is 4.98 Å². The second-order valence-corrected chi connectivity index (χ2v) is 14.8. The summed E-state index contributed by atoms with van der Waals surface area (Å²) in [5.41, 5.74) is 1.05. The third-order valence-corrected chi connectivity index (χ3v) is 12.0. The van der Waals surface area contributed by atoms with E-state index >= 15 is 0 Å². The largest absolute Gasteiger partial charge is 0.460 e. The maximum absolute atomic E-state index is 13.4. The topological polar surface area (TPSA) is 127 Å². The van der Waals surface area contributed by atoms with E-state index in [2.05, 4.69) is 18.8 Å². The normalized spacial score (nSPS) is 33.0. The van der Waals surface area contributed by atoms with E-state index in [0.29, 0.717) is 26.1 Å².